The summed E-state index contributed by atoms with van der Waals surface area (Å²) in [5, 5.41) is 8.72. The van der Waals surface area contributed by atoms with Crippen LogP contribution in [0.15, 0.2) is 78.9 Å². The standard InChI is InChI=1S/C27H30N4O3/c1-3-4-17-28-26(33)21-9-8-10-23(18-21)29-19-25(32)30-22-15-13-20(14-16-22)27(34)31(2)24-11-6-5-7-12-24/h5-16,18,29H,3-4,17,19H2,1-2H3,(H,28,33)(H,30,32). The molecule has 3 rings (SSSR count). The molecule has 0 unspecified atom stereocenters. The maximum absolute atomic E-state index is 12.7. The van der Waals surface area contributed by atoms with Crippen LogP contribution in [0.2, 0.25) is 0 Å². The second-order valence-corrected chi connectivity index (χ2v) is 7.87. The molecule has 7 nitrogen and oxygen atoms in total. The van der Waals surface area contributed by atoms with Gasteiger partial charge in [0.1, 0.15) is 0 Å². The Balaban J connectivity index is 1.51. The van der Waals surface area contributed by atoms with E-state index in [-0.39, 0.29) is 24.3 Å². The van der Waals surface area contributed by atoms with Crippen molar-refractivity contribution in [3.05, 3.63) is 90.0 Å². The summed E-state index contributed by atoms with van der Waals surface area (Å²) in [7, 11) is 1.73. The van der Waals surface area contributed by atoms with E-state index in [2.05, 4.69) is 22.9 Å². The Morgan fingerprint density at radius 2 is 1.56 bits per heavy atom. The third kappa shape index (κ3) is 6.93. The molecule has 0 spiro atoms. The Hall–Kier alpha value is -4.13. The molecule has 0 saturated carbocycles. The summed E-state index contributed by atoms with van der Waals surface area (Å²) in [6.07, 6.45) is 1.95. The molecular formula is C27H30N4O3. The van der Waals surface area contributed by atoms with Crippen molar-refractivity contribution in [3.8, 4) is 0 Å². The summed E-state index contributed by atoms with van der Waals surface area (Å²) in [6.45, 7) is 2.75. The first-order chi connectivity index (χ1) is 16.5. The first-order valence-corrected chi connectivity index (χ1v) is 11.3. The van der Waals surface area contributed by atoms with Crippen molar-refractivity contribution in [3.63, 3.8) is 0 Å². The molecule has 0 aromatic heterocycles. The van der Waals surface area contributed by atoms with E-state index in [0.29, 0.717) is 29.0 Å². The van der Waals surface area contributed by atoms with E-state index in [1.807, 2.05) is 30.3 Å². The quantitative estimate of drug-likeness (QED) is 0.389. The summed E-state index contributed by atoms with van der Waals surface area (Å²) in [5.41, 5.74) is 3.15. The lowest BCUT2D eigenvalue weighted by Gasteiger charge is -2.17. The molecule has 0 atom stereocenters. The second-order valence-electron chi connectivity index (χ2n) is 7.87. The first kappa shape index (κ1) is 24.5. The first-order valence-electron chi connectivity index (χ1n) is 11.3. The van der Waals surface area contributed by atoms with Gasteiger partial charge < -0.3 is 20.9 Å². The Kier molecular flexibility index (Phi) is 8.80. The van der Waals surface area contributed by atoms with Crippen molar-refractivity contribution in [2.24, 2.45) is 0 Å². The van der Waals surface area contributed by atoms with E-state index in [1.165, 1.54) is 0 Å². The smallest absolute Gasteiger partial charge is 0.258 e. The van der Waals surface area contributed by atoms with Crippen molar-refractivity contribution in [2.45, 2.75) is 19.8 Å². The van der Waals surface area contributed by atoms with Gasteiger partial charge in [0.05, 0.1) is 6.54 Å². The van der Waals surface area contributed by atoms with Gasteiger partial charge in [0, 0.05) is 41.8 Å². The average molecular weight is 459 g/mol. The molecule has 34 heavy (non-hydrogen) atoms. The molecule has 0 fully saturated rings. The summed E-state index contributed by atoms with van der Waals surface area (Å²) in [6, 6.07) is 23.2. The summed E-state index contributed by atoms with van der Waals surface area (Å²) in [4.78, 5) is 38.8. The Labute approximate surface area is 200 Å². The number of carbonyl (C=O) groups is 3. The number of amides is 3. The molecule has 0 saturated heterocycles. The molecule has 0 bridgehead atoms. The van der Waals surface area contributed by atoms with Crippen molar-refractivity contribution in [1.29, 1.82) is 0 Å². The number of carbonyl (C=O) groups excluding carboxylic acids is 3. The molecule has 7 heteroatoms. The van der Waals surface area contributed by atoms with Gasteiger partial charge in [-0.3, -0.25) is 14.4 Å². The molecule has 176 valence electrons. The van der Waals surface area contributed by atoms with E-state index in [1.54, 1.807) is 60.5 Å². The fraction of sp³-hybridized carbons (Fsp3) is 0.222. The van der Waals surface area contributed by atoms with Gasteiger partial charge in [-0.15, -0.1) is 0 Å². The lowest BCUT2D eigenvalue weighted by Crippen LogP contribution is -2.26. The van der Waals surface area contributed by atoms with Gasteiger partial charge in [0.2, 0.25) is 5.91 Å². The van der Waals surface area contributed by atoms with Crippen LogP contribution in [0.3, 0.4) is 0 Å². The monoisotopic (exact) mass is 458 g/mol. The SMILES string of the molecule is CCCCNC(=O)c1cccc(NCC(=O)Nc2ccc(C(=O)N(C)c3ccccc3)cc2)c1. The maximum atomic E-state index is 12.7. The van der Waals surface area contributed by atoms with Gasteiger partial charge in [-0.05, 0) is 61.0 Å². The summed E-state index contributed by atoms with van der Waals surface area (Å²) in [5.74, 6) is -0.503. The normalized spacial score (nSPS) is 10.3. The molecule has 3 amide bonds. The second kappa shape index (κ2) is 12.2. The summed E-state index contributed by atoms with van der Waals surface area (Å²) < 4.78 is 0. The van der Waals surface area contributed by atoms with Crippen LogP contribution in [0.5, 0.6) is 0 Å². The van der Waals surface area contributed by atoms with Crippen LogP contribution in [0.25, 0.3) is 0 Å². The average Bonchev–Trinajstić information content (AvgIpc) is 2.88. The molecule has 0 radical (unpaired) electrons. The number of rotatable bonds is 10. The lowest BCUT2D eigenvalue weighted by atomic mass is 10.1. The van der Waals surface area contributed by atoms with Crippen LogP contribution in [-0.4, -0.2) is 37.9 Å². The third-order valence-electron chi connectivity index (χ3n) is 5.26. The van der Waals surface area contributed by atoms with Gasteiger partial charge >= 0.3 is 0 Å². The van der Waals surface area contributed by atoms with Gasteiger partial charge in [-0.2, -0.15) is 0 Å². The predicted molar refractivity (Wildman–Crippen MR) is 136 cm³/mol. The molecule has 0 aliphatic heterocycles. The van der Waals surface area contributed by atoms with Crippen molar-refractivity contribution in [2.75, 3.05) is 35.7 Å². The fourth-order valence-electron chi connectivity index (χ4n) is 3.30. The number of hydrogen-bond acceptors (Lipinski definition) is 4. The number of benzene rings is 3. The predicted octanol–water partition coefficient (Wildman–Crippen LogP) is 4.54. The largest absolute Gasteiger partial charge is 0.376 e. The van der Waals surface area contributed by atoms with Crippen LogP contribution in [0.4, 0.5) is 17.1 Å². The number of nitrogens with zero attached hydrogens (tertiary/aromatic N) is 1. The lowest BCUT2D eigenvalue weighted by molar-refractivity contribution is -0.114. The highest BCUT2D eigenvalue weighted by Gasteiger charge is 2.13. The van der Waals surface area contributed by atoms with Crippen LogP contribution in [-0.2, 0) is 4.79 Å². The minimum absolute atomic E-state index is 0.0400. The van der Waals surface area contributed by atoms with Gasteiger partial charge in [0.15, 0.2) is 0 Å². The van der Waals surface area contributed by atoms with Crippen LogP contribution in [0, 0.1) is 0 Å². The number of unbranched alkanes of at least 4 members (excludes halogenated alkanes) is 1. The van der Waals surface area contributed by atoms with Gasteiger partial charge in [0.25, 0.3) is 11.8 Å². The zero-order valence-corrected chi connectivity index (χ0v) is 19.5. The van der Waals surface area contributed by atoms with E-state index in [0.717, 1.165) is 18.5 Å². The Morgan fingerprint density at radius 1 is 0.824 bits per heavy atom. The molecule has 0 aliphatic carbocycles. The molecular weight excluding hydrogens is 428 g/mol. The molecule has 3 N–H and O–H groups in total. The molecule has 0 aliphatic rings. The van der Waals surface area contributed by atoms with Crippen LogP contribution in [0.1, 0.15) is 40.5 Å². The Bertz CT molecular complexity index is 1110. The van der Waals surface area contributed by atoms with Crippen molar-refractivity contribution in [1.82, 2.24) is 5.32 Å². The van der Waals surface area contributed by atoms with Crippen LogP contribution >= 0.6 is 0 Å². The zero-order chi connectivity index (χ0) is 24.3. The topological polar surface area (TPSA) is 90.5 Å². The number of hydrogen-bond donors (Lipinski definition) is 3. The fourth-order valence-corrected chi connectivity index (χ4v) is 3.30. The van der Waals surface area contributed by atoms with E-state index < -0.39 is 0 Å². The highest BCUT2D eigenvalue weighted by atomic mass is 16.2. The maximum Gasteiger partial charge on any atom is 0.258 e. The number of nitrogens with one attached hydrogen (secondary N) is 3. The number of anilines is 3. The zero-order valence-electron chi connectivity index (χ0n) is 19.5. The summed E-state index contributed by atoms with van der Waals surface area (Å²) >= 11 is 0. The highest BCUT2D eigenvalue weighted by Crippen LogP contribution is 2.17. The van der Waals surface area contributed by atoms with E-state index in [4.69, 9.17) is 0 Å². The minimum atomic E-state index is -0.238. The van der Waals surface area contributed by atoms with Crippen LogP contribution < -0.4 is 20.9 Å². The van der Waals surface area contributed by atoms with Crippen molar-refractivity contribution < 1.29 is 14.4 Å². The van der Waals surface area contributed by atoms with E-state index >= 15 is 0 Å². The van der Waals surface area contributed by atoms with Gasteiger partial charge in [-0.1, -0.05) is 37.6 Å². The van der Waals surface area contributed by atoms with E-state index in [9.17, 15) is 14.4 Å². The van der Waals surface area contributed by atoms with Crippen molar-refractivity contribution >= 4 is 34.8 Å². The molecule has 0 heterocycles. The molecule has 3 aromatic carbocycles. The Morgan fingerprint density at radius 3 is 2.26 bits per heavy atom. The number of para-hydroxylation sites is 1. The minimum Gasteiger partial charge on any atom is -0.376 e. The molecule has 3 aromatic rings. The van der Waals surface area contributed by atoms with Gasteiger partial charge in [-0.25, -0.2) is 0 Å². The third-order valence-corrected chi connectivity index (χ3v) is 5.26. The highest BCUT2D eigenvalue weighted by molar-refractivity contribution is 6.06.